The molecule has 0 aromatic carbocycles. The molecule has 20 heavy (non-hydrogen) atoms. The fourth-order valence-corrected chi connectivity index (χ4v) is 3.57. The lowest BCUT2D eigenvalue weighted by Crippen LogP contribution is -2.49. The Balaban J connectivity index is 1.96. The van der Waals surface area contributed by atoms with Gasteiger partial charge in [-0.1, -0.05) is 20.3 Å². The van der Waals surface area contributed by atoms with Crippen molar-refractivity contribution >= 4 is 5.91 Å². The second-order valence-electron chi connectivity index (χ2n) is 6.99. The van der Waals surface area contributed by atoms with Crippen molar-refractivity contribution in [1.29, 1.82) is 0 Å². The van der Waals surface area contributed by atoms with E-state index in [0.717, 1.165) is 13.0 Å². The van der Waals surface area contributed by atoms with Crippen LogP contribution in [0.3, 0.4) is 0 Å². The first-order chi connectivity index (χ1) is 9.49. The number of likely N-dealkylation sites (tertiary alicyclic amines) is 1. The van der Waals surface area contributed by atoms with E-state index in [4.69, 9.17) is 0 Å². The van der Waals surface area contributed by atoms with E-state index in [2.05, 4.69) is 35.9 Å². The molecule has 3 unspecified atom stereocenters. The molecule has 2 rings (SSSR count). The molecule has 1 amide bonds. The Morgan fingerprint density at radius 1 is 1.20 bits per heavy atom. The molecular formula is C16H31N3O. The van der Waals surface area contributed by atoms with E-state index in [0.29, 0.717) is 12.0 Å². The van der Waals surface area contributed by atoms with Gasteiger partial charge in [0.1, 0.15) is 0 Å². The maximum atomic E-state index is 12.4. The minimum absolute atomic E-state index is 0.0254. The van der Waals surface area contributed by atoms with E-state index in [-0.39, 0.29) is 18.1 Å². The quantitative estimate of drug-likeness (QED) is 0.838. The van der Waals surface area contributed by atoms with Crippen molar-refractivity contribution in [1.82, 2.24) is 15.1 Å². The van der Waals surface area contributed by atoms with Crippen molar-refractivity contribution in [2.45, 2.75) is 71.6 Å². The summed E-state index contributed by atoms with van der Waals surface area (Å²) in [5, 5.41) is 3.46. The first-order valence-corrected chi connectivity index (χ1v) is 8.29. The van der Waals surface area contributed by atoms with Gasteiger partial charge >= 0.3 is 0 Å². The van der Waals surface area contributed by atoms with Gasteiger partial charge in [0, 0.05) is 12.6 Å². The van der Waals surface area contributed by atoms with Gasteiger partial charge in [0.05, 0.1) is 12.2 Å². The molecule has 2 heterocycles. The normalized spacial score (nSPS) is 30.2. The van der Waals surface area contributed by atoms with Crippen molar-refractivity contribution in [2.75, 3.05) is 19.6 Å². The highest BCUT2D eigenvalue weighted by atomic mass is 16.2. The summed E-state index contributed by atoms with van der Waals surface area (Å²) in [6, 6.07) is 0.282. The number of carbonyl (C=O) groups is 1. The van der Waals surface area contributed by atoms with E-state index in [1.165, 1.54) is 32.4 Å². The van der Waals surface area contributed by atoms with Crippen molar-refractivity contribution < 1.29 is 4.79 Å². The zero-order valence-corrected chi connectivity index (χ0v) is 13.6. The Bertz CT molecular complexity index is 326. The molecule has 2 aliphatic rings. The SMILES string of the molecule is CC(C)CC1NC(C)C(=O)N1C(C)CN1CCCCC1. The molecule has 2 aliphatic heterocycles. The zero-order chi connectivity index (χ0) is 14.7. The first kappa shape index (κ1) is 15.8. The lowest BCUT2D eigenvalue weighted by Gasteiger charge is -2.36. The van der Waals surface area contributed by atoms with Gasteiger partial charge in [-0.05, 0) is 52.1 Å². The maximum absolute atomic E-state index is 12.4. The number of hydrogen-bond donors (Lipinski definition) is 1. The Morgan fingerprint density at radius 3 is 2.45 bits per heavy atom. The van der Waals surface area contributed by atoms with E-state index in [1.807, 2.05) is 6.92 Å². The van der Waals surface area contributed by atoms with Crippen LogP contribution in [0, 0.1) is 5.92 Å². The van der Waals surface area contributed by atoms with E-state index < -0.39 is 0 Å². The number of piperidine rings is 1. The Labute approximate surface area is 123 Å². The molecule has 1 N–H and O–H groups in total. The van der Waals surface area contributed by atoms with Crippen LogP contribution in [-0.2, 0) is 4.79 Å². The van der Waals surface area contributed by atoms with E-state index >= 15 is 0 Å². The largest absolute Gasteiger partial charge is 0.322 e. The van der Waals surface area contributed by atoms with E-state index in [9.17, 15) is 4.79 Å². The van der Waals surface area contributed by atoms with Gasteiger partial charge in [0.25, 0.3) is 0 Å². The Kier molecular flexibility index (Phi) is 5.44. The summed E-state index contributed by atoms with van der Waals surface area (Å²) in [5.74, 6) is 0.885. The smallest absolute Gasteiger partial charge is 0.241 e. The van der Waals surface area contributed by atoms with Crippen LogP contribution >= 0.6 is 0 Å². The molecule has 2 saturated heterocycles. The molecule has 0 bridgehead atoms. The summed E-state index contributed by atoms with van der Waals surface area (Å²) in [5.41, 5.74) is 0. The lowest BCUT2D eigenvalue weighted by atomic mass is 10.1. The van der Waals surface area contributed by atoms with Crippen LogP contribution < -0.4 is 5.32 Å². The van der Waals surface area contributed by atoms with Crippen LogP contribution in [0.2, 0.25) is 0 Å². The molecule has 4 heteroatoms. The van der Waals surface area contributed by atoms with Gasteiger partial charge in [-0.2, -0.15) is 0 Å². The highest BCUT2D eigenvalue weighted by Gasteiger charge is 2.39. The number of amides is 1. The summed E-state index contributed by atoms with van der Waals surface area (Å²) < 4.78 is 0. The predicted octanol–water partition coefficient (Wildman–Crippen LogP) is 2.05. The summed E-state index contributed by atoms with van der Waals surface area (Å²) in [6.07, 6.45) is 5.25. The van der Waals surface area contributed by atoms with E-state index in [1.54, 1.807) is 0 Å². The molecule has 116 valence electrons. The highest BCUT2D eigenvalue weighted by Crippen LogP contribution is 2.21. The van der Waals surface area contributed by atoms with Crippen LogP contribution in [0.5, 0.6) is 0 Å². The third-order valence-electron chi connectivity index (χ3n) is 4.54. The molecule has 3 atom stereocenters. The average Bonchev–Trinajstić information content (AvgIpc) is 2.65. The fourth-order valence-electron chi connectivity index (χ4n) is 3.57. The summed E-state index contributed by atoms with van der Waals surface area (Å²) in [4.78, 5) is 17.1. The van der Waals surface area contributed by atoms with Crippen LogP contribution in [-0.4, -0.2) is 53.6 Å². The maximum Gasteiger partial charge on any atom is 0.241 e. The molecule has 0 aromatic heterocycles. The molecule has 0 saturated carbocycles. The van der Waals surface area contributed by atoms with Gasteiger partial charge in [-0.3, -0.25) is 10.1 Å². The van der Waals surface area contributed by atoms with Crippen molar-refractivity contribution in [3.8, 4) is 0 Å². The molecule has 0 radical (unpaired) electrons. The third kappa shape index (κ3) is 3.73. The predicted molar refractivity (Wildman–Crippen MR) is 82.4 cm³/mol. The second kappa shape index (κ2) is 6.90. The monoisotopic (exact) mass is 281 g/mol. The van der Waals surface area contributed by atoms with Crippen LogP contribution in [0.4, 0.5) is 0 Å². The number of nitrogens with zero attached hydrogens (tertiary/aromatic N) is 2. The molecular weight excluding hydrogens is 250 g/mol. The topological polar surface area (TPSA) is 35.6 Å². The fraction of sp³-hybridized carbons (Fsp3) is 0.938. The minimum atomic E-state index is -0.0254. The van der Waals surface area contributed by atoms with Crippen LogP contribution in [0.25, 0.3) is 0 Å². The summed E-state index contributed by atoms with van der Waals surface area (Å²) in [7, 11) is 0. The van der Waals surface area contributed by atoms with Gasteiger partial charge in [0.15, 0.2) is 0 Å². The molecule has 0 aromatic rings. The van der Waals surface area contributed by atoms with Gasteiger partial charge in [0.2, 0.25) is 5.91 Å². The van der Waals surface area contributed by atoms with Crippen LogP contribution in [0.15, 0.2) is 0 Å². The number of hydrogen-bond acceptors (Lipinski definition) is 3. The molecule has 0 spiro atoms. The highest BCUT2D eigenvalue weighted by molar-refractivity contribution is 5.84. The average molecular weight is 281 g/mol. The number of carbonyl (C=O) groups excluding carboxylic acids is 1. The third-order valence-corrected chi connectivity index (χ3v) is 4.54. The van der Waals surface area contributed by atoms with Crippen LogP contribution in [0.1, 0.15) is 53.4 Å². The van der Waals surface area contributed by atoms with Crippen molar-refractivity contribution in [3.05, 3.63) is 0 Å². The van der Waals surface area contributed by atoms with Gasteiger partial charge < -0.3 is 9.80 Å². The Hall–Kier alpha value is -0.610. The van der Waals surface area contributed by atoms with Gasteiger partial charge in [-0.25, -0.2) is 0 Å². The Morgan fingerprint density at radius 2 is 1.85 bits per heavy atom. The zero-order valence-electron chi connectivity index (χ0n) is 13.6. The van der Waals surface area contributed by atoms with Crippen molar-refractivity contribution in [3.63, 3.8) is 0 Å². The molecule has 2 fully saturated rings. The summed E-state index contributed by atoms with van der Waals surface area (Å²) in [6.45, 7) is 12.1. The van der Waals surface area contributed by atoms with Gasteiger partial charge in [-0.15, -0.1) is 0 Å². The lowest BCUT2D eigenvalue weighted by molar-refractivity contribution is -0.132. The second-order valence-corrected chi connectivity index (χ2v) is 6.99. The minimum Gasteiger partial charge on any atom is -0.322 e. The number of nitrogens with one attached hydrogen (secondary N) is 1. The number of rotatable bonds is 5. The molecule has 4 nitrogen and oxygen atoms in total. The van der Waals surface area contributed by atoms with Crippen molar-refractivity contribution in [2.24, 2.45) is 5.92 Å². The standard InChI is InChI=1S/C16H31N3O/c1-12(2)10-15-17-14(4)16(20)19(15)13(3)11-18-8-6-5-7-9-18/h12-15,17H,5-11H2,1-4H3. The summed E-state index contributed by atoms with van der Waals surface area (Å²) >= 11 is 0. The molecule has 0 aliphatic carbocycles. The first-order valence-electron chi connectivity index (χ1n) is 8.29.